The number of hydrogen-bond acceptors (Lipinski definition) is 4. The second-order valence-corrected chi connectivity index (χ2v) is 6.04. The molecule has 1 unspecified atom stereocenters. The van der Waals surface area contributed by atoms with Gasteiger partial charge in [-0.3, -0.25) is 4.48 Å². The summed E-state index contributed by atoms with van der Waals surface area (Å²) in [4.78, 5) is 23.2. The Bertz CT molecular complexity index is 434. The summed E-state index contributed by atoms with van der Waals surface area (Å²) in [5.74, 6) is -1.80. The molecule has 1 saturated heterocycles. The highest BCUT2D eigenvalue weighted by molar-refractivity contribution is 5.80. The van der Waals surface area contributed by atoms with E-state index in [0.717, 1.165) is 0 Å². The lowest BCUT2D eigenvalue weighted by Crippen LogP contribution is -2.76. The Balaban J connectivity index is 3.53. The summed E-state index contributed by atoms with van der Waals surface area (Å²) in [6.45, 7) is 6.32. The smallest absolute Gasteiger partial charge is 0.365 e. The van der Waals surface area contributed by atoms with Gasteiger partial charge in [-0.1, -0.05) is 0 Å². The predicted molar refractivity (Wildman–Crippen MR) is 60.0 cm³/mol. The van der Waals surface area contributed by atoms with E-state index in [1.165, 1.54) is 6.92 Å². The molecular weight excluding hydrogens is 236 g/mol. The summed E-state index contributed by atoms with van der Waals surface area (Å²) in [6, 6.07) is 1.99. The maximum atomic E-state index is 11.6. The number of quaternary nitrogens is 1. The normalized spacial score (nSPS) is 36.1. The zero-order valence-electron chi connectivity index (χ0n) is 11.1. The van der Waals surface area contributed by atoms with Crippen molar-refractivity contribution in [2.24, 2.45) is 5.92 Å². The lowest BCUT2D eigenvalue weighted by atomic mass is 9.89. The Hall–Kier alpha value is -1.61. The number of rotatable bonds is 1. The minimum absolute atomic E-state index is 0.0179. The molecule has 0 aromatic heterocycles. The van der Waals surface area contributed by atoms with Crippen molar-refractivity contribution < 1.29 is 24.3 Å². The van der Waals surface area contributed by atoms with Crippen molar-refractivity contribution in [1.82, 2.24) is 0 Å². The molecule has 1 fully saturated rings. The summed E-state index contributed by atoms with van der Waals surface area (Å²) in [5.41, 5.74) is -2.41. The number of carboxylic acids is 1. The molecule has 1 heterocycles. The Kier molecular flexibility index (Phi) is 3.17. The second-order valence-electron chi connectivity index (χ2n) is 6.04. The molecule has 0 spiro atoms. The highest BCUT2D eigenvalue weighted by atomic mass is 16.4. The van der Waals surface area contributed by atoms with E-state index in [-0.39, 0.29) is 13.0 Å². The number of hydrogen-bond donors (Lipinski definition) is 1. The fourth-order valence-electron chi connectivity index (χ4n) is 3.13. The van der Waals surface area contributed by atoms with Crippen molar-refractivity contribution in [1.29, 1.82) is 5.26 Å². The van der Waals surface area contributed by atoms with Gasteiger partial charge in [0.2, 0.25) is 5.54 Å². The summed E-state index contributed by atoms with van der Waals surface area (Å²) in [5, 5.41) is 30.1. The Morgan fingerprint density at radius 2 is 2.00 bits per heavy atom. The first kappa shape index (κ1) is 14.5. The highest BCUT2D eigenvalue weighted by Crippen LogP contribution is 2.46. The first-order valence-corrected chi connectivity index (χ1v) is 5.76. The monoisotopic (exact) mass is 254 g/mol. The number of likely N-dealkylation sites (tertiary alicyclic amines) is 1. The minimum Gasteiger partial charge on any atom is -0.498 e. The van der Waals surface area contributed by atoms with Crippen LogP contribution < -0.4 is 5.11 Å². The third-order valence-corrected chi connectivity index (χ3v) is 4.08. The summed E-state index contributed by atoms with van der Waals surface area (Å²) in [6.07, 6.45) is -1.42. The topological polar surface area (TPSA) is 101 Å². The SMILES string of the molecule is CC(C)(C)[N+]1(C(=O)[O-])C[C@@H](C#N)C[C@@]1(C)C(=O)O. The fraction of sp³-hybridized carbons (Fsp3) is 0.750. The van der Waals surface area contributed by atoms with E-state index in [0.29, 0.717) is 0 Å². The van der Waals surface area contributed by atoms with Gasteiger partial charge in [0.1, 0.15) is 12.5 Å². The van der Waals surface area contributed by atoms with Crippen molar-refractivity contribution in [3.8, 4) is 6.07 Å². The second kappa shape index (κ2) is 3.95. The molecule has 100 valence electrons. The summed E-state index contributed by atoms with van der Waals surface area (Å²) >= 11 is 0. The van der Waals surface area contributed by atoms with Crippen LogP contribution in [0.15, 0.2) is 0 Å². The molecule has 1 aliphatic rings. The van der Waals surface area contributed by atoms with Gasteiger partial charge >= 0.3 is 5.97 Å². The number of nitrogens with zero attached hydrogens (tertiary/aromatic N) is 2. The molecule has 1 N–H and O–H groups in total. The van der Waals surface area contributed by atoms with Crippen LogP contribution in [0.25, 0.3) is 0 Å². The molecule has 0 bridgehead atoms. The molecule has 0 saturated carbocycles. The van der Waals surface area contributed by atoms with Gasteiger partial charge < -0.3 is 15.0 Å². The number of nitriles is 1. The van der Waals surface area contributed by atoms with Gasteiger partial charge in [0, 0.05) is 13.3 Å². The maximum absolute atomic E-state index is 11.6. The minimum atomic E-state index is -1.54. The van der Waals surface area contributed by atoms with E-state index >= 15 is 0 Å². The van der Waals surface area contributed by atoms with Crippen LogP contribution in [-0.4, -0.2) is 39.3 Å². The van der Waals surface area contributed by atoms with Crippen LogP contribution in [0.2, 0.25) is 0 Å². The lowest BCUT2D eigenvalue weighted by molar-refractivity contribution is -0.944. The average Bonchev–Trinajstić information content (AvgIpc) is 2.53. The van der Waals surface area contributed by atoms with E-state index in [9.17, 15) is 19.8 Å². The maximum Gasteiger partial charge on any atom is 0.365 e. The first-order chi connectivity index (χ1) is 8.03. The molecule has 0 aliphatic carbocycles. The zero-order chi connectivity index (χ0) is 14.4. The van der Waals surface area contributed by atoms with Gasteiger partial charge in [0.05, 0.1) is 11.6 Å². The number of aliphatic carboxylic acids is 1. The molecule has 1 aliphatic heterocycles. The zero-order valence-corrected chi connectivity index (χ0v) is 11.1. The van der Waals surface area contributed by atoms with E-state index in [1.54, 1.807) is 20.8 Å². The van der Waals surface area contributed by atoms with Gasteiger partial charge in [0.15, 0.2) is 0 Å². The van der Waals surface area contributed by atoms with Crippen LogP contribution in [0, 0.1) is 17.2 Å². The molecular formula is C12H18N2O4. The summed E-state index contributed by atoms with van der Waals surface area (Å²) < 4.78 is -0.729. The van der Waals surface area contributed by atoms with Gasteiger partial charge in [-0.05, 0) is 20.8 Å². The van der Waals surface area contributed by atoms with Gasteiger partial charge in [0.25, 0.3) is 6.09 Å². The van der Waals surface area contributed by atoms with E-state index in [4.69, 9.17) is 5.26 Å². The molecule has 0 radical (unpaired) electrons. The van der Waals surface area contributed by atoms with Crippen LogP contribution in [0.1, 0.15) is 34.1 Å². The van der Waals surface area contributed by atoms with Crippen molar-refractivity contribution in [3.63, 3.8) is 0 Å². The number of carbonyl (C=O) groups excluding carboxylic acids is 1. The largest absolute Gasteiger partial charge is 0.498 e. The van der Waals surface area contributed by atoms with Crippen molar-refractivity contribution in [3.05, 3.63) is 0 Å². The van der Waals surface area contributed by atoms with Crippen molar-refractivity contribution >= 4 is 12.1 Å². The van der Waals surface area contributed by atoms with E-state index in [2.05, 4.69) is 0 Å². The molecule has 0 aromatic carbocycles. The Morgan fingerprint density at radius 3 is 2.22 bits per heavy atom. The molecule has 1 rings (SSSR count). The average molecular weight is 254 g/mol. The first-order valence-electron chi connectivity index (χ1n) is 5.76. The Labute approximate surface area is 106 Å². The van der Waals surface area contributed by atoms with Crippen LogP contribution in [-0.2, 0) is 4.79 Å². The Morgan fingerprint density at radius 1 is 1.50 bits per heavy atom. The van der Waals surface area contributed by atoms with Gasteiger partial charge in [-0.2, -0.15) is 5.26 Å². The lowest BCUT2D eigenvalue weighted by Gasteiger charge is -2.52. The van der Waals surface area contributed by atoms with E-state index in [1.807, 2.05) is 6.07 Å². The van der Waals surface area contributed by atoms with Crippen molar-refractivity contribution in [2.45, 2.75) is 45.2 Å². The van der Waals surface area contributed by atoms with Gasteiger partial charge in [-0.25, -0.2) is 4.79 Å². The molecule has 6 nitrogen and oxygen atoms in total. The number of carbonyl (C=O) groups is 2. The molecule has 18 heavy (non-hydrogen) atoms. The third kappa shape index (κ3) is 1.58. The van der Waals surface area contributed by atoms with E-state index < -0.39 is 33.5 Å². The third-order valence-electron chi connectivity index (χ3n) is 4.08. The van der Waals surface area contributed by atoms with Crippen LogP contribution in [0.4, 0.5) is 4.79 Å². The molecule has 0 aromatic rings. The van der Waals surface area contributed by atoms with Gasteiger partial charge in [-0.15, -0.1) is 0 Å². The quantitative estimate of drug-likeness (QED) is 0.679. The van der Waals surface area contributed by atoms with Crippen LogP contribution >= 0.6 is 0 Å². The predicted octanol–water partition coefficient (Wildman–Crippen LogP) is 0.332. The van der Waals surface area contributed by atoms with Crippen molar-refractivity contribution in [2.75, 3.05) is 6.54 Å². The molecule has 1 amide bonds. The molecule has 6 heteroatoms. The summed E-state index contributed by atoms with van der Waals surface area (Å²) in [7, 11) is 0. The van der Waals surface area contributed by atoms with Crippen LogP contribution in [0.3, 0.4) is 0 Å². The van der Waals surface area contributed by atoms with Crippen LogP contribution in [0.5, 0.6) is 0 Å². The highest BCUT2D eigenvalue weighted by Gasteiger charge is 2.66. The number of carboxylic acid groups (broad SMARTS) is 2. The number of amides is 1. The standard InChI is InChI=1S/C12H18N2O4/c1-11(2,3)14(10(17)18)7-8(6-13)5-12(14,4)9(15)16/h8H,5,7H2,1-4H3,(H-,15,16,17,18)/t8-,12+,14?/m1/s1. The fourth-order valence-corrected chi connectivity index (χ4v) is 3.13. The molecule has 3 atom stereocenters.